The first-order valence-electron chi connectivity index (χ1n) is 15.0. The normalized spacial score (nSPS) is 17.4. The van der Waals surface area contributed by atoms with Gasteiger partial charge in [0.1, 0.15) is 0 Å². The summed E-state index contributed by atoms with van der Waals surface area (Å²) in [6.45, 7) is 0. The van der Waals surface area contributed by atoms with Gasteiger partial charge in [-0.1, -0.05) is 0 Å². The largest absolute Gasteiger partial charge is 0.595 e. The van der Waals surface area contributed by atoms with E-state index in [0.717, 1.165) is 13.3 Å². The molecule has 74 heavy (non-hydrogen) atoms. The second-order valence-electron chi connectivity index (χ2n) is 13.0. The molecule has 0 heterocycles. The van der Waals surface area contributed by atoms with Crippen molar-refractivity contribution in [2.24, 2.45) is 0 Å². The Morgan fingerprint density at radius 3 is 0.392 bits per heavy atom. The quantitative estimate of drug-likeness (QED) is 0.0847. The Labute approximate surface area is 365 Å². The molecule has 0 aromatic carbocycles. The topological polar surface area (TPSA) is 27.7 Å². The third-order valence-electron chi connectivity index (χ3n) is 8.04. The van der Waals surface area contributed by atoms with Crippen molar-refractivity contribution in [3.8, 4) is 0 Å². The monoisotopic (exact) mass is 1250 g/mol. The smallest absolute Gasteiger partial charge is 0.302 e. The molecule has 446 valence electrons. The van der Waals surface area contributed by atoms with Gasteiger partial charge in [-0.2, -0.15) is 211 Å². The maximum absolute atomic E-state index is 15.0. The summed E-state index contributed by atoms with van der Waals surface area (Å²) in [5, 5.41) is 0. The van der Waals surface area contributed by atoms with Crippen LogP contribution in [0.3, 0.4) is 0 Å². The van der Waals surface area contributed by atoms with Crippen LogP contribution >= 0.6 is 0 Å². The van der Waals surface area contributed by atoms with Crippen molar-refractivity contribution in [3.63, 3.8) is 0 Å². The Morgan fingerprint density at radius 1 is 0.149 bits per heavy atom. The van der Waals surface area contributed by atoms with Crippen LogP contribution in [-0.2, 0) is 13.3 Å². The minimum Gasteiger partial charge on any atom is -0.302 e. The molecule has 0 rings (SSSR count). The van der Waals surface area contributed by atoms with Crippen molar-refractivity contribution in [1.29, 1.82) is 0 Å². The van der Waals surface area contributed by atoms with Gasteiger partial charge < -0.3 is 13.3 Å². The highest BCUT2D eigenvalue weighted by Gasteiger charge is 3.03. The molecule has 3 nitrogen and oxygen atoms in total. The zero-order chi connectivity index (χ0) is 61.6. The van der Waals surface area contributed by atoms with Crippen molar-refractivity contribution >= 4 is 8.80 Å². The summed E-state index contributed by atoms with van der Waals surface area (Å²) in [5.41, 5.74) is -10.6. The first-order chi connectivity index (χ1) is 30.9. The van der Waals surface area contributed by atoms with Crippen molar-refractivity contribution in [2.45, 2.75) is 131 Å². The van der Waals surface area contributed by atoms with E-state index in [2.05, 4.69) is 0 Å². The van der Waals surface area contributed by atoms with E-state index < -0.39 is 140 Å². The van der Waals surface area contributed by atoms with Crippen LogP contribution in [0, 0.1) is 0 Å². The Hall–Kier alpha value is -3.26. The molecule has 52 heteroatoms. The average Bonchev–Trinajstić information content (AvgIpc) is 3.10. The SMILES string of the molecule is FC(F)(F)C(F)(F)O[Si](OC(F)(F)C(F)(F)F)(OC(F)(F)C(F)(F)F)C(F)(F)C(F)(F)C(F)(F)C(F)(F)C(F)(F)C(F)(F)C(F)(F)C(F)(F)C(F)(F)C(F)(F)C(F)(F)C(F)(F)C(F)(F)C(F)(F)C(F)(F)C(F)(F)F. The molecule has 0 amide bonds. The molecule has 0 aromatic rings. The highest BCUT2D eigenvalue weighted by molar-refractivity contribution is 6.64. The molecular formula is C22F48O3Si. The molecule has 0 N–H and O–H groups in total. The highest BCUT2D eigenvalue weighted by atomic mass is 28.4. The molecular weight excluding hydrogens is 1250 g/mol. The van der Waals surface area contributed by atoms with E-state index in [-0.39, 0.29) is 0 Å². The number of rotatable bonds is 21. The van der Waals surface area contributed by atoms with Gasteiger partial charge in [0.15, 0.2) is 0 Å². The minimum atomic E-state index is -12.4. The van der Waals surface area contributed by atoms with Gasteiger partial charge in [-0.25, -0.2) is 0 Å². The molecule has 0 saturated carbocycles. The molecule has 0 atom stereocenters. The van der Waals surface area contributed by atoms with Crippen LogP contribution in [-0.4, -0.2) is 140 Å². The molecule has 0 fully saturated rings. The summed E-state index contributed by atoms with van der Waals surface area (Å²) in [6, 6.07) is 0. The van der Waals surface area contributed by atoms with Crippen LogP contribution in [0.4, 0.5) is 211 Å². The van der Waals surface area contributed by atoms with Crippen LogP contribution in [0.15, 0.2) is 0 Å². The lowest BCUT2D eigenvalue weighted by Crippen LogP contribution is -2.82. The van der Waals surface area contributed by atoms with Crippen LogP contribution in [0.1, 0.15) is 0 Å². The molecule has 0 spiro atoms. The predicted octanol–water partition coefficient (Wildman–Crippen LogP) is 15.1. The van der Waals surface area contributed by atoms with Crippen LogP contribution in [0.5, 0.6) is 0 Å². The Morgan fingerprint density at radius 2 is 0.270 bits per heavy atom. The van der Waals surface area contributed by atoms with E-state index in [0.29, 0.717) is 0 Å². The maximum atomic E-state index is 15.0. The number of hydrogen-bond donors (Lipinski definition) is 0. The molecule has 0 bridgehead atoms. The average molecular weight is 1250 g/mol. The molecule has 0 aliphatic rings. The lowest BCUT2D eigenvalue weighted by atomic mass is 9.83. The van der Waals surface area contributed by atoms with E-state index in [1.807, 2.05) is 0 Å². The standard InChI is InChI=1S/C22F48O3Si/c23-1(24,3(27,28)5(31,32)7(35,36)9(39,40)11(43,44)13(47,48)15(51,52)53)2(25,26)4(29,30)6(33,34)8(37,38)10(41,42)12(45,46)14(49,50)22(69,70)74(71-19(63,64)16(54,55)56,72-20(65,66)17(57,58)59)73-21(67,68)18(60,61)62. The van der Waals surface area contributed by atoms with Crippen LogP contribution < -0.4 is 0 Å². The first kappa shape index (κ1) is 70.7. The van der Waals surface area contributed by atoms with Gasteiger partial charge in [-0.15, -0.1) is 0 Å². The van der Waals surface area contributed by atoms with Crippen LogP contribution in [0.25, 0.3) is 0 Å². The predicted molar refractivity (Wildman–Crippen MR) is 122 cm³/mol. The van der Waals surface area contributed by atoms with Gasteiger partial charge in [0.05, 0.1) is 0 Å². The molecule has 0 unspecified atom stereocenters. The lowest BCUT2D eigenvalue weighted by Gasteiger charge is -2.48. The second-order valence-corrected chi connectivity index (χ2v) is 15.4. The number of hydrogen-bond acceptors (Lipinski definition) is 3. The fourth-order valence-electron chi connectivity index (χ4n) is 3.87. The van der Waals surface area contributed by atoms with Crippen molar-refractivity contribution in [2.75, 3.05) is 0 Å². The van der Waals surface area contributed by atoms with Gasteiger partial charge >= 0.3 is 140 Å². The van der Waals surface area contributed by atoms with Gasteiger partial charge in [-0.3, -0.25) is 0 Å². The maximum Gasteiger partial charge on any atom is 0.595 e. The molecule has 0 aliphatic carbocycles. The fraction of sp³-hybridized carbons (Fsp3) is 1.00. The molecule has 0 saturated heterocycles. The zero-order valence-electron chi connectivity index (χ0n) is 30.9. The Bertz CT molecular complexity index is 1920. The van der Waals surface area contributed by atoms with Crippen molar-refractivity contribution in [3.05, 3.63) is 0 Å². The molecule has 0 aliphatic heterocycles. The van der Waals surface area contributed by atoms with E-state index in [9.17, 15) is 211 Å². The number of alkyl halides is 48. The third kappa shape index (κ3) is 9.14. The first-order valence-corrected chi connectivity index (χ1v) is 16.8. The van der Waals surface area contributed by atoms with Crippen LogP contribution in [0.2, 0.25) is 0 Å². The summed E-state index contributed by atoms with van der Waals surface area (Å²) in [4.78, 5) is 0. The van der Waals surface area contributed by atoms with Gasteiger partial charge in [0.2, 0.25) is 0 Å². The summed E-state index contributed by atoms with van der Waals surface area (Å²) in [7, 11) is -12.4. The summed E-state index contributed by atoms with van der Waals surface area (Å²) < 4.78 is 655. The van der Waals surface area contributed by atoms with Gasteiger partial charge in [0.25, 0.3) is 0 Å². The van der Waals surface area contributed by atoms with Gasteiger partial charge in [0, 0.05) is 0 Å². The summed E-state index contributed by atoms with van der Waals surface area (Å²) in [6.07, 6.45) is -62.1. The van der Waals surface area contributed by atoms with Crippen molar-refractivity contribution < 1.29 is 224 Å². The van der Waals surface area contributed by atoms with E-state index >= 15 is 0 Å². The van der Waals surface area contributed by atoms with Crippen molar-refractivity contribution in [1.82, 2.24) is 0 Å². The van der Waals surface area contributed by atoms with E-state index in [4.69, 9.17) is 0 Å². The zero-order valence-corrected chi connectivity index (χ0v) is 31.9. The Kier molecular flexibility index (Phi) is 16.6. The molecule has 0 radical (unpaired) electrons. The van der Waals surface area contributed by atoms with E-state index in [1.165, 1.54) is 0 Å². The number of halogens is 48. The molecule has 0 aromatic heterocycles. The Balaban J connectivity index is 8.73. The van der Waals surface area contributed by atoms with E-state index in [1.54, 1.807) is 0 Å². The third-order valence-corrected chi connectivity index (χ3v) is 10.7. The highest BCUT2D eigenvalue weighted by Crippen LogP contribution is 2.71. The minimum absolute atomic E-state index is 0.823. The lowest BCUT2D eigenvalue weighted by molar-refractivity contribution is -0.491. The second kappa shape index (κ2) is 17.4. The summed E-state index contributed by atoms with van der Waals surface area (Å²) >= 11 is 0. The fourth-order valence-corrected chi connectivity index (χ4v) is 6.28. The summed E-state index contributed by atoms with van der Waals surface area (Å²) in [5.74, 6) is -148. The van der Waals surface area contributed by atoms with Gasteiger partial charge in [-0.05, 0) is 0 Å².